The molecule has 1 aromatic heterocycles. The molecule has 1 aliphatic heterocycles. The highest BCUT2D eigenvalue weighted by atomic mass is 32.2. The van der Waals surface area contributed by atoms with Gasteiger partial charge in [0.15, 0.2) is 5.13 Å². The zero-order valence-electron chi connectivity index (χ0n) is 16.1. The number of nitrogens with one attached hydrogen (secondary N) is 1. The highest BCUT2D eigenvalue weighted by molar-refractivity contribution is 7.99. The Balaban J connectivity index is 1.40. The second-order valence-electron chi connectivity index (χ2n) is 6.69. The molecule has 1 amide bonds. The van der Waals surface area contributed by atoms with Crippen molar-refractivity contribution in [3.8, 4) is 0 Å². The first-order chi connectivity index (χ1) is 14.5. The van der Waals surface area contributed by atoms with Crippen LogP contribution in [0.4, 0.5) is 5.13 Å². The van der Waals surface area contributed by atoms with Gasteiger partial charge in [-0.2, -0.15) is 4.31 Å². The molecule has 3 aromatic rings. The van der Waals surface area contributed by atoms with Gasteiger partial charge in [-0.05, 0) is 23.8 Å². The molecule has 0 spiro atoms. The van der Waals surface area contributed by atoms with Crippen molar-refractivity contribution in [2.75, 3.05) is 37.4 Å². The highest BCUT2D eigenvalue weighted by Gasteiger charge is 2.26. The maximum Gasteiger partial charge on any atom is 0.243 e. The van der Waals surface area contributed by atoms with Gasteiger partial charge in [-0.15, -0.1) is 11.8 Å². The number of ether oxygens (including phenoxy) is 1. The minimum atomic E-state index is -3.56. The lowest BCUT2D eigenvalue weighted by atomic mass is 10.2. The van der Waals surface area contributed by atoms with E-state index in [2.05, 4.69) is 10.3 Å². The van der Waals surface area contributed by atoms with Crippen LogP contribution in [0.1, 0.15) is 5.56 Å². The second-order valence-corrected chi connectivity index (χ2v) is 10.6. The number of thioether (sulfide) groups is 1. The molecular weight excluding hydrogens is 442 g/mol. The summed E-state index contributed by atoms with van der Waals surface area (Å²) in [4.78, 5) is 16.9. The Kier molecular flexibility index (Phi) is 6.69. The van der Waals surface area contributed by atoms with Gasteiger partial charge < -0.3 is 10.1 Å². The molecule has 0 saturated carbocycles. The van der Waals surface area contributed by atoms with E-state index in [1.165, 1.54) is 33.0 Å². The quantitative estimate of drug-likeness (QED) is 0.579. The number of sulfonamides is 1. The van der Waals surface area contributed by atoms with Crippen LogP contribution < -0.4 is 5.32 Å². The first-order valence-electron chi connectivity index (χ1n) is 9.42. The Morgan fingerprint density at radius 1 is 1.17 bits per heavy atom. The third-order valence-corrected chi connectivity index (χ3v) is 8.39. The van der Waals surface area contributed by atoms with Gasteiger partial charge in [0, 0.05) is 18.8 Å². The summed E-state index contributed by atoms with van der Waals surface area (Å²) in [5.41, 5.74) is 1.83. The van der Waals surface area contributed by atoms with Gasteiger partial charge in [0.05, 0.1) is 34.1 Å². The van der Waals surface area contributed by atoms with Crippen LogP contribution in [0.3, 0.4) is 0 Å². The SMILES string of the molecule is O=C(CSCc1ccccc1)Nc1nc2ccc(S(=O)(=O)N3CCOCC3)cc2s1. The largest absolute Gasteiger partial charge is 0.379 e. The van der Waals surface area contributed by atoms with E-state index >= 15 is 0 Å². The Morgan fingerprint density at radius 2 is 1.93 bits per heavy atom. The number of anilines is 1. The lowest BCUT2D eigenvalue weighted by Crippen LogP contribution is -2.40. The molecule has 0 atom stereocenters. The summed E-state index contributed by atoms with van der Waals surface area (Å²) < 4.78 is 33.1. The zero-order valence-corrected chi connectivity index (χ0v) is 18.6. The molecule has 2 aromatic carbocycles. The molecule has 0 aliphatic carbocycles. The van der Waals surface area contributed by atoms with E-state index in [-0.39, 0.29) is 10.8 Å². The molecular formula is C20H21N3O4S3. The summed E-state index contributed by atoms with van der Waals surface area (Å²) in [5.74, 6) is 0.953. The Morgan fingerprint density at radius 3 is 2.70 bits per heavy atom. The van der Waals surface area contributed by atoms with Gasteiger partial charge in [0.1, 0.15) is 0 Å². The Hall–Kier alpha value is -1.98. The van der Waals surface area contributed by atoms with Crippen molar-refractivity contribution in [2.24, 2.45) is 0 Å². The van der Waals surface area contributed by atoms with Crippen LogP contribution in [0, 0.1) is 0 Å². The van der Waals surface area contributed by atoms with Gasteiger partial charge in [-0.1, -0.05) is 41.7 Å². The van der Waals surface area contributed by atoms with Crippen LogP contribution in [0.2, 0.25) is 0 Å². The standard InChI is InChI=1S/C20H21N3O4S3/c24-19(14-28-13-15-4-2-1-3-5-15)22-20-21-17-7-6-16(12-18(17)29-20)30(25,26)23-8-10-27-11-9-23/h1-7,12H,8-11,13-14H2,(H,21,22,24). The van der Waals surface area contributed by atoms with E-state index in [0.29, 0.717) is 42.7 Å². The number of fused-ring (bicyclic) bond motifs is 1. The van der Waals surface area contributed by atoms with E-state index in [4.69, 9.17) is 4.74 Å². The molecule has 158 valence electrons. The predicted molar refractivity (Wildman–Crippen MR) is 120 cm³/mol. The normalized spacial score (nSPS) is 15.3. The van der Waals surface area contributed by atoms with Gasteiger partial charge in [0.25, 0.3) is 0 Å². The maximum atomic E-state index is 12.8. The monoisotopic (exact) mass is 463 g/mol. The number of benzene rings is 2. The fourth-order valence-corrected chi connectivity index (χ4v) is 6.26. The summed E-state index contributed by atoms with van der Waals surface area (Å²) in [7, 11) is -3.56. The number of amides is 1. The van der Waals surface area contributed by atoms with Crippen molar-refractivity contribution in [3.05, 3.63) is 54.1 Å². The molecule has 1 fully saturated rings. The first kappa shape index (κ1) is 21.3. The van der Waals surface area contributed by atoms with Crippen molar-refractivity contribution in [3.63, 3.8) is 0 Å². The van der Waals surface area contributed by atoms with Crippen LogP contribution in [0.25, 0.3) is 10.2 Å². The van der Waals surface area contributed by atoms with Crippen molar-refractivity contribution >= 4 is 54.4 Å². The summed E-state index contributed by atoms with van der Waals surface area (Å²) in [6, 6.07) is 14.8. The third-order valence-electron chi connectivity index (χ3n) is 4.56. The number of carbonyl (C=O) groups excluding carboxylic acids is 1. The van der Waals surface area contributed by atoms with Crippen LogP contribution in [-0.2, 0) is 25.3 Å². The molecule has 1 saturated heterocycles. The zero-order chi connectivity index (χ0) is 21.0. The average Bonchev–Trinajstić information content (AvgIpc) is 3.16. The number of hydrogen-bond donors (Lipinski definition) is 1. The number of aromatic nitrogens is 1. The number of hydrogen-bond acceptors (Lipinski definition) is 7. The van der Waals surface area contributed by atoms with Crippen LogP contribution >= 0.6 is 23.1 Å². The number of morpholine rings is 1. The number of carbonyl (C=O) groups is 1. The van der Waals surface area contributed by atoms with Crippen molar-refractivity contribution in [2.45, 2.75) is 10.6 Å². The number of nitrogens with zero attached hydrogens (tertiary/aromatic N) is 2. The second kappa shape index (κ2) is 9.44. The highest BCUT2D eigenvalue weighted by Crippen LogP contribution is 2.29. The minimum absolute atomic E-state index is 0.129. The molecule has 4 rings (SSSR count). The van der Waals surface area contributed by atoms with Crippen LogP contribution in [-0.4, -0.2) is 55.7 Å². The van der Waals surface area contributed by atoms with Crippen molar-refractivity contribution in [1.29, 1.82) is 0 Å². The fourth-order valence-electron chi connectivity index (χ4n) is 3.05. The van der Waals surface area contributed by atoms with Crippen molar-refractivity contribution in [1.82, 2.24) is 9.29 Å². The maximum absolute atomic E-state index is 12.8. The summed E-state index contributed by atoms with van der Waals surface area (Å²) >= 11 is 2.80. The van der Waals surface area contributed by atoms with Crippen LogP contribution in [0.5, 0.6) is 0 Å². The van der Waals surface area contributed by atoms with Gasteiger partial charge in [-0.3, -0.25) is 4.79 Å². The number of rotatable bonds is 7. The van der Waals surface area contributed by atoms with E-state index in [9.17, 15) is 13.2 Å². The number of thiazole rings is 1. The van der Waals surface area contributed by atoms with Crippen molar-refractivity contribution < 1.29 is 17.9 Å². The molecule has 0 bridgehead atoms. The summed E-state index contributed by atoms with van der Waals surface area (Å²) in [6.07, 6.45) is 0. The topological polar surface area (TPSA) is 88.6 Å². The molecule has 0 radical (unpaired) electrons. The van der Waals surface area contributed by atoms with Gasteiger partial charge in [-0.25, -0.2) is 13.4 Å². The smallest absolute Gasteiger partial charge is 0.243 e. The minimum Gasteiger partial charge on any atom is -0.379 e. The molecule has 30 heavy (non-hydrogen) atoms. The summed E-state index contributed by atoms with van der Waals surface area (Å²) in [6.45, 7) is 1.51. The molecule has 7 nitrogen and oxygen atoms in total. The molecule has 2 heterocycles. The lowest BCUT2D eigenvalue weighted by molar-refractivity contribution is -0.113. The Bertz CT molecular complexity index is 1130. The molecule has 0 unspecified atom stereocenters. The van der Waals surface area contributed by atoms with Gasteiger partial charge >= 0.3 is 0 Å². The fraction of sp³-hybridized carbons (Fsp3) is 0.300. The molecule has 1 aliphatic rings. The predicted octanol–water partition coefficient (Wildman–Crippen LogP) is 3.19. The Labute approximate surface area is 183 Å². The van der Waals surface area contributed by atoms with Gasteiger partial charge in [0.2, 0.25) is 15.9 Å². The van der Waals surface area contributed by atoms with Crippen LogP contribution in [0.15, 0.2) is 53.4 Å². The lowest BCUT2D eigenvalue weighted by Gasteiger charge is -2.25. The van der Waals surface area contributed by atoms with E-state index in [0.717, 1.165) is 10.5 Å². The third kappa shape index (κ3) is 5.01. The molecule has 1 N–H and O–H groups in total. The van der Waals surface area contributed by atoms with E-state index in [1.54, 1.807) is 18.2 Å². The molecule has 10 heteroatoms. The average molecular weight is 464 g/mol. The summed E-state index contributed by atoms with van der Waals surface area (Å²) in [5, 5.41) is 3.28. The first-order valence-corrected chi connectivity index (χ1v) is 12.8. The van der Waals surface area contributed by atoms with E-state index in [1.807, 2.05) is 30.3 Å². The van der Waals surface area contributed by atoms with E-state index < -0.39 is 10.0 Å².